The molecule has 0 amide bonds. The Morgan fingerprint density at radius 1 is 1.22 bits per heavy atom. The molecule has 2 aromatic rings. The van der Waals surface area contributed by atoms with Gasteiger partial charge in [0.25, 0.3) is 0 Å². The fraction of sp³-hybridized carbons (Fsp3) is 0.250. The predicted octanol–water partition coefficient (Wildman–Crippen LogP) is 4.50. The van der Waals surface area contributed by atoms with E-state index in [1.54, 1.807) is 38.2 Å². The molecule has 0 saturated heterocycles. The Balaban J connectivity index is 2.36. The summed E-state index contributed by atoms with van der Waals surface area (Å²) in [7, 11) is 0. The predicted molar refractivity (Wildman–Crippen MR) is 91.5 cm³/mol. The van der Waals surface area contributed by atoms with E-state index >= 15 is 0 Å². The van der Waals surface area contributed by atoms with E-state index in [4.69, 9.17) is 27.9 Å². The van der Waals surface area contributed by atoms with Crippen LogP contribution in [-0.4, -0.2) is 28.5 Å². The molecule has 0 N–H and O–H groups in total. The summed E-state index contributed by atoms with van der Waals surface area (Å²) >= 11 is 12.2. The number of ether oxygens (including phenoxy) is 1. The molecule has 0 spiro atoms. The molecule has 0 unspecified atom stereocenters. The van der Waals surface area contributed by atoms with Crippen molar-refractivity contribution in [2.75, 3.05) is 6.61 Å². The van der Waals surface area contributed by atoms with Crippen LogP contribution in [-0.2, 0) is 9.53 Å². The minimum Gasteiger partial charge on any atom is -0.466 e. The van der Waals surface area contributed by atoms with E-state index in [-0.39, 0.29) is 12.4 Å². The zero-order valence-electron chi connectivity index (χ0n) is 12.7. The lowest BCUT2D eigenvalue weighted by Crippen LogP contribution is -2.08. The molecule has 0 aliphatic rings. The van der Waals surface area contributed by atoms with Crippen molar-refractivity contribution in [1.82, 2.24) is 10.2 Å². The SMILES string of the molecule is CCOC(=O)CC(C)=Nc1cnncc1-c1ccc(Cl)cc1Cl. The number of halogens is 2. The van der Waals surface area contributed by atoms with E-state index in [2.05, 4.69) is 15.2 Å². The molecule has 0 fully saturated rings. The fourth-order valence-corrected chi connectivity index (χ4v) is 2.50. The Hall–Kier alpha value is -1.98. The summed E-state index contributed by atoms with van der Waals surface area (Å²) in [6.45, 7) is 3.86. The largest absolute Gasteiger partial charge is 0.466 e. The van der Waals surface area contributed by atoms with Crippen molar-refractivity contribution < 1.29 is 9.53 Å². The molecule has 0 aliphatic carbocycles. The van der Waals surface area contributed by atoms with Gasteiger partial charge in [0.1, 0.15) is 0 Å². The van der Waals surface area contributed by atoms with Gasteiger partial charge >= 0.3 is 5.97 Å². The summed E-state index contributed by atoms with van der Waals surface area (Å²) in [5.74, 6) is -0.318. The first-order valence-electron chi connectivity index (χ1n) is 6.97. The van der Waals surface area contributed by atoms with Crippen molar-refractivity contribution in [2.45, 2.75) is 20.3 Å². The number of aromatic nitrogens is 2. The van der Waals surface area contributed by atoms with Gasteiger partial charge in [-0.2, -0.15) is 10.2 Å². The Morgan fingerprint density at radius 2 is 1.96 bits per heavy atom. The van der Waals surface area contributed by atoms with Gasteiger partial charge in [-0.15, -0.1) is 0 Å². The normalized spacial score (nSPS) is 11.4. The lowest BCUT2D eigenvalue weighted by molar-refractivity contribution is -0.141. The van der Waals surface area contributed by atoms with Gasteiger partial charge in [0.15, 0.2) is 0 Å². The molecule has 0 saturated carbocycles. The van der Waals surface area contributed by atoms with Crippen molar-refractivity contribution in [3.63, 3.8) is 0 Å². The molecule has 0 bridgehead atoms. The highest BCUT2D eigenvalue weighted by atomic mass is 35.5. The third-order valence-corrected chi connectivity index (χ3v) is 3.50. The third kappa shape index (κ3) is 4.74. The summed E-state index contributed by atoms with van der Waals surface area (Å²) < 4.78 is 4.91. The molecule has 1 aromatic heterocycles. The first-order valence-corrected chi connectivity index (χ1v) is 7.72. The van der Waals surface area contributed by atoms with E-state index < -0.39 is 0 Å². The smallest absolute Gasteiger partial charge is 0.311 e. The summed E-state index contributed by atoms with van der Waals surface area (Å²) in [5.41, 5.74) is 2.65. The Labute approximate surface area is 144 Å². The molecule has 0 radical (unpaired) electrons. The molecule has 1 heterocycles. The van der Waals surface area contributed by atoms with Crippen molar-refractivity contribution in [3.8, 4) is 11.1 Å². The quantitative estimate of drug-likeness (QED) is 0.587. The maximum atomic E-state index is 11.5. The molecular weight excluding hydrogens is 337 g/mol. The molecule has 2 rings (SSSR count). The molecule has 7 heteroatoms. The number of aliphatic imine (C=N–C) groups is 1. The Bertz CT molecular complexity index is 748. The van der Waals surface area contributed by atoms with Crippen LogP contribution in [0, 0.1) is 0 Å². The average molecular weight is 352 g/mol. The number of hydrogen-bond acceptors (Lipinski definition) is 5. The minimum atomic E-state index is -0.318. The molecule has 23 heavy (non-hydrogen) atoms. The van der Waals surface area contributed by atoms with Gasteiger partial charge in [-0.3, -0.25) is 9.79 Å². The maximum Gasteiger partial charge on any atom is 0.311 e. The number of esters is 1. The summed E-state index contributed by atoms with van der Waals surface area (Å²) in [6.07, 6.45) is 3.21. The second kappa shape index (κ2) is 8.04. The molecular formula is C16H15Cl2N3O2. The maximum absolute atomic E-state index is 11.5. The summed E-state index contributed by atoms with van der Waals surface area (Å²) in [4.78, 5) is 16.0. The molecule has 0 aliphatic heterocycles. The highest BCUT2D eigenvalue weighted by Crippen LogP contribution is 2.35. The van der Waals surface area contributed by atoms with E-state index in [1.807, 2.05) is 0 Å². The number of hydrogen-bond donors (Lipinski definition) is 0. The van der Waals surface area contributed by atoms with Gasteiger partial charge in [0.2, 0.25) is 0 Å². The minimum absolute atomic E-state index is 0.115. The summed E-state index contributed by atoms with van der Waals surface area (Å²) in [5, 5.41) is 8.76. The fourth-order valence-electron chi connectivity index (χ4n) is 1.99. The van der Waals surface area contributed by atoms with Gasteiger partial charge in [0, 0.05) is 21.9 Å². The van der Waals surface area contributed by atoms with Crippen molar-refractivity contribution >= 4 is 40.6 Å². The molecule has 120 valence electrons. The number of rotatable bonds is 5. The second-order valence-electron chi connectivity index (χ2n) is 4.74. The van der Waals surface area contributed by atoms with Crippen LogP contribution in [0.15, 0.2) is 35.6 Å². The Morgan fingerprint density at radius 3 is 2.65 bits per heavy atom. The first-order chi connectivity index (χ1) is 11.0. The second-order valence-corrected chi connectivity index (χ2v) is 5.58. The zero-order valence-corrected chi connectivity index (χ0v) is 14.2. The monoisotopic (exact) mass is 351 g/mol. The third-order valence-electron chi connectivity index (χ3n) is 2.95. The van der Waals surface area contributed by atoms with E-state index in [9.17, 15) is 4.79 Å². The van der Waals surface area contributed by atoms with Crippen LogP contribution in [0.5, 0.6) is 0 Å². The highest BCUT2D eigenvalue weighted by molar-refractivity contribution is 6.36. The summed E-state index contributed by atoms with van der Waals surface area (Å²) in [6, 6.07) is 5.18. The van der Waals surface area contributed by atoms with Crippen molar-refractivity contribution in [3.05, 3.63) is 40.6 Å². The highest BCUT2D eigenvalue weighted by Gasteiger charge is 2.11. The number of nitrogens with zero attached hydrogens (tertiary/aromatic N) is 3. The van der Waals surface area contributed by atoms with Crippen LogP contribution in [0.25, 0.3) is 11.1 Å². The van der Waals surface area contributed by atoms with Crippen LogP contribution >= 0.6 is 23.2 Å². The molecule has 1 aromatic carbocycles. The lowest BCUT2D eigenvalue weighted by atomic mass is 10.1. The van der Waals surface area contributed by atoms with E-state index in [1.165, 1.54) is 6.20 Å². The van der Waals surface area contributed by atoms with Gasteiger partial charge in [-0.25, -0.2) is 0 Å². The zero-order chi connectivity index (χ0) is 16.8. The molecule has 0 atom stereocenters. The lowest BCUT2D eigenvalue weighted by Gasteiger charge is -2.08. The van der Waals surface area contributed by atoms with Crippen LogP contribution < -0.4 is 0 Å². The van der Waals surface area contributed by atoms with Gasteiger partial charge in [-0.1, -0.05) is 29.3 Å². The van der Waals surface area contributed by atoms with Gasteiger partial charge in [-0.05, 0) is 26.0 Å². The number of benzene rings is 1. The topological polar surface area (TPSA) is 64.4 Å². The van der Waals surface area contributed by atoms with Crippen LogP contribution in [0.4, 0.5) is 5.69 Å². The Kier molecular flexibility index (Phi) is 6.07. The standard InChI is InChI=1S/C16H15Cl2N3O2/c1-3-23-16(22)6-10(2)21-15-9-20-19-8-13(15)12-5-4-11(17)7-14(12)18/h4-5,7-9H,3,6H2,1-2H3. The first kappa shape index (κ1) is 17.4. The van der Waals surface area contributed by atoms with Gasteiger partial charge < -0.3 is 4.74 Å². The van der Waals surface area contributed by atoms with Crippen molar-refractivity contribution in [1.29, 1.82) is 0 Å². The number of carbonyl (C=O) groups excluding carboxylic acids is 1. The average Bonchev–Trinajstić information content (AvgIpc) is 2.48. The van der Waals surface area contributed by atoms with Gasteiger partial charge in [0.05, 0.1) is 36.1 Å². The van der Waals surface area contributed by atoms with Crippen LogP contribution in [0.1, 0.15) is 20.3 Å². The molecule has 5 nitrogen and oxygen atoms in total. The van der Waals surface area contributed by atoms with E-state index in [0.29, 0.717) is 33.6 Å². The van der Waals surface area contributed by atoms with Crippen LogP contribution in [0.3, 0.4) is 0 Å². The van der Waals surface area contributed by atoms with Crippen molar-refractivity contribution in [2.24, 2.45) is 4.99 Å². The number of carbonyl (C=O) groups is 1. The van der Waals surface area contributed by atoms with E-state index in [0.717, 1.165) is 5.56 Å². The van der Waals surface area contributed by atoms with Crippen LogP contribution in [0.2, 0.25) is 10.0 Å².